The van der Waals surface area contributed by atoms with E-state index < -0.39 is 0 Å². The van der Waals surface area contributed by atoms with E-state index in [1.807, 2.05) is 0 Å². The summed E-state index contributed by atoms with van der Waals surface area (Å²) in [6, 6.07) is 0. The van der Waals surface area contributed by atoms with Gasteiger partial charge in [0.05, 0.1) is 0 Å². The van der Waals surface area contributed by atoms with Crippen LogP contribution in [0, 0.1) is 29.6 Å². The molecule has 1 N–H and O–H groups in total. The summed E-state index contributed by atoms with van der Waals surface area (Å²) in [7, 11) is 0. The lowest BCUT2D eigenvalue weighted by molar-refractivity contribution is 0.139. The first kappa shape index (κ1) is 14.0. The molecular formula is C15H31N. The molecule has 0 amide bonds. The summed E-state index contributed by atoms with van der Waals surface area (Å²) in [6.07, 6.45) is 4.33. The van der Waals surface area contributed by atoms with Crippen LogP contribution in [-0.4, -0.2) is 13.1 Å². The quantitative estimate of drug-likeness (QED) is 0.747. The maximum absolute atomic E-state index is 3.65. The molecule has 0 aromatic heterocycles. The van der Waals surface area contributed by atoms with E-state index in [0.29, 0.717) is 0 Å². The minimum atomic E-state index is 0.778. The molecule has 3 unspecified atom stereocenters. The highest BCUT2D eigenvalue weighted by Gasteiger charge is 2.30. The van der Waals surface area contributed by atoms with Crippen molar-refractivity contribution in [2.75, 3.05) is 13.1 Å². The Labute approximate surface area is 102 Å². The van der Waals surface area contributed by atoms with Crippen LogP contribution >= 0.6 is 0 Å². The van der Waals surface area contributed by atoms with Crippen molar-refractivity contribution in [3.63, 3.8) is 0 Å². The Morgan fingerprint density at radius 2 is 1.81 bits per heavy atom. The molecule has 0 aromatic carbocycles. The Hall–Kier alpha value is -0.0400. The minimum Gasteiger partial charge on any atom is -0.316 e. The summed E-state index contributed by atoms with van der Waals surface area (Å²) in [5.41, 5.74) is 0. The Bertz CT molecular complexity index is 186. The van der Waals surface area contributed by atoms with Crippen molar-refractivity contribution in [2.24, 2.45) is 29.6 Å². The lowest BCUT2D eigenvalue weighted by atomic mass is 9.70. The second-order valence-electron chi connectivity index (χ2n) is 6.64. The van der Waals surface area contributed by atoms with Crippen LogP contribution in [0.4, 0.5) is 0 Å². The fourth-order valence-electron chi connectivity index (χ4n) is 3.11. The molecule has 1 heteroatoms. The zero-order chi connectivity index (χ0) is 12.1. The van der Waals surface area contributed by atoms with Crippen molar-refractivity contribution in [3.05, 3.63) is 0 Å². The van der Waals surface area contributed by atoms with Crippen molar-refractivity contribution < 1.29 is 0 Å². The van der Waals surface area contributed by atoms with Gasteiger partial charge in [-0.2, -0.15) is 0 Å². The fourth-order valence-corrected chi connectivity index (χ4v) is 3.11. The molecule has 1 rings (SSSR count). The van der Waals surface area contributed by atoms with Gasteiger partial charge in [0.25, 0.3) is 0 Å². The summed E-state index contributed by atoms with van der Waals surface area (Å²) in [5, 5.41) is 3.65. The van der Waals surface area contributed by atoms with Gasteiger partial charge < -0.3 is 5.32 Å². The average Bonchev–Trinajstić information content (AvgIpc) is 2.19. The van der Waals surface area contributed by atoms with Crippen LogP contribution in [0.25, 0.3) is 0 Å². The Morgan fingerprint density at radius 3 is 2.38 bits per heavy atom. The van der Waals surface area contributed by atoms with Crippen LogP contribution in [-0.2, 0) is 0 Å². The standard InChI is InChI=1S/C15H31N/c1-11(2)9-16-10-14-7-6-13(5)8-15(14)12(3)4/h11-16H,6-10H2,1-5H3. The zero-order valence-electron chi connectivity index (χ0n) is 11.9. The third-order valence-electron chi connectivity index (χ3n) is 4.13. The molecular weight excluding hydrogens is 194 g/mol. The van der Waals surface area contributed by atoms with Gasteiger partial charge in [-0.15, -0.1) is 0 Å². The van der Waals surface area contributed by atoms with Gasteiger partial charge in [0, 0.05) is 0 Å². The predicted molar refractivity (Wildman–Crippen MR) is 72.5 cm³/mol. The van der Waals surface area contributed by atoms with E-state index in [-0.39, 0.29) is 0 Å². The second kappa shape index (κ2) is 6.64. The minimum absolute atomic E-state index is 0.778. The van der Waals surface area contributed by atoms with Crippen molar-refractivity contribution in [1.82, 2.24) is 5.32 Å². The van der Waals surface area contributed by atoms with Crippen LogP contribution in [0.3, 0.4) is 0 Å². The monoisotopic (exact) mass is 225 g/mol. The lowest BCUT2D eigenvalue weighted by Gasteiger charge is -2.37. The van der Waals surface area contributed by atoms with Gasteiger partial charge in [0.2, 0.25) is 0 Å². The van der Waals surface area contributed by atoms with Gasteiger partial charge >= 0.3 is 0 Å². The van der Waals surface area contributed by atoms with E-state index in [1.165, 1.54) is 32.4 Å². The first-order chi connectivity index (χ1) is 7.50. The van der Waals surface area contributed by atoms with E-state index in [2.05, 4.69) is 39.9 Å². The largest absolute Gasteiger partial charge is 0.316 e. The van der Waals surface area contributed by atoms with Crippen molar-refractivity contribution in [1.29, 1.82) is 0 Å². The summed E-state index contributed by atoms with van der Waals surface area (Å²) in [4.78, 5) is 0. The topological polar surface area (TPSA) is 12.0 Å². The number of hydrogen-bond acceptors (Lipinski definition) is 1. The van der Waals surface area contributed by atoms with Crippen LogP contribution in [0.5, 0.6) is 0 Å². The van der Waals surface area contributed by atoms with Crippen molar-refractivity contribution in [2.45, 2.75) is 53.9 Å². The Balaban J connectivity index is 2.37. The fraction of sp³-hybridized carbons (Fsp3) is 1.00. The molecule has 0 aromatic rings. The first-order valence-corrected chi connectivity index (χ1v) is 7.21. The van der Waals surface area contributed by atoms with Gasteiger partial charge in [0.15, 0.2) is 0 Å². The van der Waals surface area contributed by atoms with Gasteiger partial charge in [-0.1, -0.05) is 41.0 Å². The zero-order valence-corrected chi connectivity index (χ0v) is 11.9. The van der Waals surface area contributed by atoms with Crippen molar-refractivity contribution >= 4 is 0 Å². The lowest BCUT2D eigenvalue weighted by Crippen LogP contribution is -2.36. The van der Waals surface area contributed by atoms with Gasteiger partial charge in [0.1, 0.15) is 0 Å². The number of rotatable bonds is 5. The highest BCUT2D eigenvalue weighted by Crippen LogP contribution is 2.37. The van der Waals surface area contributed by atoms with Crippen LogP contribution < -0.4 is 5.32 Å². The summed E-state index contributed by atoms with van der Waals surface area (Å²) < 4.78 is 0. The molecule has 16 heavy (non-hydrogen) atoms. The second-order valence-corrected chi connectivity index (χ2v) is 6.64. The molecule has 0 aliphatic heterocycles. The molecule has 1 nitrogen and oxygen atoms in total. The van der Waals surface area contributed by atoms with Gasteiger partial charge in [-0.25, -0.2) is 0 Å². The maximum atomic E-state index is 3.65. The summed E-state index contributed by atoms with van der Waals surface area (Å²) in [6.45, 7) is 14.2. The molecule has 0 bridgehead atoms. The summed E-state index contributed by atoms with van der Waals surface area (Å²) in [5.74, 6) is 4.46. The Morgan fingerprint density at radius 1 is 1.12 bits per heavy atom. The van der Waals surface area contributed by atoms with E-state index in [9.17, 15) is 0 Å². The highest BCUT2D eigenvalue weighted by molar-refractivity contribution is 4.81. The van der Waals surface area contributed by atoms with Crippen molar-refractivity contribution in [3.8, 4) is 0 Å². The van der Waals surface area contributed by atoms with Crippen LogP contribution in [0.1, 0.15) is 53.9 Å². The predicted octanol–water partition coefficient (Wildman–Crippen LogP) is 3.94. The third-order valence-corrected chi connectivity index (χ3v) is 4.13. The molecule has 0 spiro atoms. The maximum Gasteiger partial charge on any atom is -0.00177 e. The first-order valence-electron chi connectivity index (χ1n) is 7.21. The normalized spacial score (nSPS) is 31.3. The molecule has 1 aliphatic carbocycles. The van der Waals surface area contributed by atoms with E-state index in [1.54, 1.807) is 0 Å². The van der Waals surface area contributed by atoms with Crippen LogP contribution in [0.2, 0.25) is 0 Å². The SMILES string of the molecule is CC(C)CNCC1CCC(C)CC1C(C)C. The number of nitrogens with one attached hydrogen (secondary N) is 1. The van der Waals surface area contributed by atoms with E-state index in [0.717, 1.165) is 29.6 Å². The molecule has 0 heterocycles. The smallest absolute Gasteiger partial charge is 0.00177 e. The molecule has 0 saturated heterocycles. The van der Waals surface area contributed by atoms with Gasteiger partial charge in [-0.3, -0.25) is 0 Å². The van der Waals surface area contributed by atoms with E-state index >= 15 is 0 Å². The molecule has 3 atom stereocenters. The molecule has 96 valence electrons. The number of hydrogen-bond donors (Lipinski definition) is 1. The molecule has 1 saturated carbocycles. The van der Waals surface area contributed by atoms with Gasteiger partial charge in [-0.05, 0) is 55.5 Å². The molecule has 0 radical (unpaired) electrons. The Kier molecular flexibility index (Phi) is 5.82. The highest BCUT2D eigenvalue weighted by atomic mass is 14.9. The molecule has 1 fully saturated rings. The third kappa shape index (κ3) is 4.45. The van der Waals surface area contributed by atoms with Crippen LogP contribution in [0.15, 0.2) is 0 Å². The average molecular weight is 225 g/mol. The molecule has 1 aliphatic rings. The van der Waals surface area contributed by atoms with E-state index in [4.69, 9.17) is 0 Å². The summed E-state index contributed by atoms with van der Waals surface area (Å²) >= 11 is 0.